The molecule has 0 bridgehead atoms. The van der Waals surface area contributed by atoms with Gasteiger partial charge in [0.2, 0.25) is 0 Å². The van der Waals surface area contributed by atoms with Crippen molar-refractivity contribution in [3.63, 3.8) is 0 Å². The van der Waals surface area contributed by atoms with Gasteiger partial charge in [-0.25, -0.2) is 14.7 Å². The molecule has 0 fully saturated rings. The maximum absolute atomic E-state index is 5.16. The van der Waals surface area contributed by atoms with E-state index in [9.17, 15) is 0 Å². The van der Waals surface area contributed by atoms with Gasteiger partial charge in [-0.15, -0.1) is 10.2 Å². The molecule has 0 amide bonds. The standard InChI is InChI=1S/C21H29N9O/c1-15-26-27-20(29(15)2)12-23-21(22-11-16-7-5-4-6-8-16)24-17-9-10-19-25-18(14-31-3)28-30(19)13-17/h4-8,17H,9-14H2,1-3H3,(H2,22,23,24). The van der Waals surface area contributed by atoms with Gasteiger partial charge in [0, 0.05) is 26.6 Å². The SMILES string of the molecule is COCc1nc2n(n1)CC(NC(=NCc1ccccc1)NCc1nnc(C)n1C)CC2. The number of methoxy groups -OCH3 is 1. The van der Waals surface area contributed by atoms with Crippen LogP contribution < -0.4 is 10.6 Å². The highest BCUT2D eigenvalue weighted by Crippen LogP contribution is 2.13. The summed E-state index contributed by atoms with van der Waals surface area (Å²) in [6, 6.07) is 10.4. The van der Waals surface area contributed by atoms with Crippen molar-refractivity contribution in [2.75, 3.05) is 7.11 Å². The summed E-state index contributed by atoms with van der Waals surface area (Å²) in [6.07, 6.45) is 1.82. The number of guanidine groups is 1. The van der Waals surface area contributed by atoms with E-state index in [1.165, 1.54) is 0 Å². The fourth-order valence-electron chi connectivity index (χ4n) is 3.54. The second-order valence-electron chi connectivity index (χ2n) is 7.67. The molecular formula is C21H29N9O. The van der Waals surface area contributed by atoms with E-state index in [4.69, 9.17) is 9.73 Å². The first-order valence-corrected chi connectivity index (χ1v) is 10.5. The van der Waals surface area contributed by atoms with Crippen LogP contribution in [0.3, 0.4) is 0 Å². The average molecular weight is 424 g/mol. The number of fused-ring (bicyclic) bond motifs is 1. The van der Waals surface area contributed by atoms with Crippen LogP contribution in [0.4, 0.5) is 0 Å². The molecule has 3 heterocycles. The molecule has 1 aliphatic heterocycles. The van der Waals surface area contributed by atoms with Crippen LogP contribution >= 0.6 is 0 Å². The Morgan fingerprint density at radius 1 is 1.26 bits per heavy atom. The molecule has 1 atom stereocenters. The van der Waals surface area contributed by atoms with Gasteiger partial charge in [0.1, 0.15) is 18.3 Å². The van der Waals surface area contributed by atoms with E-state index in [-0.39, 0.29) is 6.04 Å². The Kier molecular flexibility index (Phi) is 6.56. The van der Waals surface area contributed by atoms with Crippen molar-refractivity contribution >= 4 is 5.96 Å². The lowest BCUT2D eigenvalue weighted by Crippen LogP contribution is -2.47. The second-order valence-corrected chi connectivity index (χ2v) is 7.67. The highest BCUT2D eigenvalue weighted by atomic mass is 16.5. The minimum Gasteiger partial charge on any atom is -0.377 e. The highest BCUT2D eigenvalue weighted by molar-refractivity contribution is 5.80. The number of aromatic nitrogens is 6. The predicted octanol–water partition coefficient (Wildman–Crippen LogP) is 1.11. The molecule has 0 radical (unpaired) electrons. The monoisotopic (exact) mass is 423 g/mol. The smallest absolute Gasteiger partial charge is 0.192 e. The lowest BCUT2D eigenvalue weighted by molar-refractivity contribution is 0.177. The number of ether oxygens (including phenoxy) is 1. The van der Waals surface area contributed by atoms with Crippen molar-refractivity contribution in [3.05, 3.63) is 59.2 Å². The third-order valence-corrected chi connectivity index (χ3v) is 5.38. The molecule has 2 aromatic heterocycles. The van der Waals surface area contributed by atoms with E-state index in [2.05, 4.69) is 43.0 Å². The Balaban J connectivity index is 1.45. The van der Waals surface area contributed by atoms with Crippen molar-refractivity contribution < 1.29 is 4.74 Å². The maximum Gasteiger partial charge on any atom is 0.192 e. The molecule has 1 aromatic carbocycles. The summed E-state index contributed by atoms with van der Waals surface area (Å²) in [6.45, 7) is 4.24. The van der Waals surface area contributed by atoms with Crippen molar-refractivity contribution in [3.8, 4) is 0 Å². The van der Waals surface area contributed by atoms with Crippen molar-refractivity contribution in [1.82, 2.24) is 40.2 Å². The number of hydrogen-bond donors (Lipinski definition) is 2. The Hall–Kier alpha value is -3.27. The summed E-state index contributed by atoms with van der Waals surface area (Å²) in [4.78, 5) is 9.36. The van der Waals surface area contributed by atoms with E-state index in [1.54, 1.807) is 7.11 Å². The first kappa shape index (κ1) is 21.0. The van der Waals surface area contributed by atoms with E-state index < -0.39 is 0 Å². The molecule has 3 aromatic rings. The zero-order chi connectivity index (χ0) is 21.6. The molecule has 0 spiro atoms. The van der Waals surface area contributed by atoms with E-state index in [1.807, 2.05) is 41.4 Å². The van der Waals surface area contributed by atoms with Gasteiger partial charge in [0.05, 0.1) is 19.6 Å². The number of nitrogens with zero attached hydrogens (tertiary/aromatic N) is 7. The van der Waals surface area contributed by atoms with E-state index in [0.29, 0.717) is 19.7 Å². The third-order valence-electron chi connectivity index (χ3n) is 5.38. The molecule has 2 N–H and O–H groups in total. The van der Waals surface area contributed by atoms with Crippen molar-refractivity contribution in [2.24, 2.45) is 12.0 Å². The number of aryl methyl sites for hydroxylation is 2. The molecule has 1 unspecified atom stereocenters. The molecule has 0 saturated heterocycles. The van der Waals surface area contributed by atoms with Crippen molar-refractivity contribution in [1.29, 1.82) is 0 Å². The van der Waals surface area contributed by atoms with Crippen LogP contribution in [-0.4, -0.2) is 48.6 Å². The van der Waals surface area contributed by atoms with E-state index in [0.717, 1.165) is 54.2 Å². The Morgan fingerprint density at radius 2 is 2.10 bits per heavy atom. The first-order valence-electron chi connectivity index (χ1n) is 10.5. The molecule has 0 saturated carbocycles. The van der Waals surface area contributed by atoms with Crippen LogP contribution in [0.1, 0.15) is 35.3 Å². The molecule has 10 nitrogen and oxygen atoms in total. The number of nitrogens with one attached hydrogen (secondary N) is 2. The summed E-state index contributed by atoms with van der Waals surface area (Å²) in [5.41, 5.74) is 1.16. The van der Waals surface area contributed by atoms with Gasteiger partial charge >= 0.3 is 0 Å². The molecule has 164 valence electrons. The molecule has 31 heavy (non-hydrogen) atoms. The van der Waals surface area contributed by atoms with Crippen LogP contribution in [0.5, 0.6) is 0 Å². The molecule has 1 aliphatic rings. The van der Waals surface area contributed by atoms with Gasteiger partial charge in [-0.3, -0.25) is 0 Å². The van der Waals surface area contributed by atoms with Crippen LogP contribution in [-0.2, 0) is 44.4 Å². The number of aliphatic imine (C=N–C) groups is 1. The largest absolute Gasteiger partial charge is 0.377 e. The topological polar surface area (TPSA) is 107 Å². The van der Waals surface area contributed by atoms with Gasteiger partial charge in [-0.1, -0.05) is 30.3 Å². The Labute approximate surface area is 181 Å². The Bertz CT molecular complexity index is 1020. The van der Waals surface area contributed by atoms with Gasteiger partial charge in [0.15, 0.2) is 17.6 Å². The van der Waals surface area contributed by atoms with Gasteiger partial charge in [-0.05, 0) is 18.9 Å². The van der Waals surface area contributed by atoms with Crippen LogP contribution in [0.2, 0.25) is 0 Å². The highest BCUT2D eigenvalue weighted by Gasteiger charge is 2.22. The zero-order valence-electron chi connectivity index (χ0n) is 18.2. The minimum atomic E-state index is 0.202. The van der Waals surface area contributed by atoms with Crippen molar-refractivity contribution in [2.45, 2.75) is 52.0 Å². The third kappa shape index (κ3) is 5.26. The van der Waals surface area contributed by atoms with Crippen LogP contribution in [0.15, 0.2) is 35.3 Å². The Morgan fingerprint density at radius 3 is 2.84 bits per heavy atom. The fraction of sp³-hybridized carbons (Fsp3) is 0.476. The molecule has 0 aliphatic carbocycles. The second kappa shape index (κ2) is 9.69. The fourth-order valence-corrected chi connectivity index (χ4v) is 3.54. The quantitative estimate of drug-likeness (QED) is 0.433. The lowest BCUT2D eigenvalue weighted by Gasteiger charge is -2.25. The molecule has 10 heteroatoms. The first-order chi connectivity index (χ1) is 15.1. The minimum absolute atomic E-state index is 0.202. The van der Waals surface area contributed by atoms with Crippen LogP contribution in [0, 0.1) is 6.92 Å². The van der Waals surface area contributed by atoms with Gasteiger partial charge in [0.25, 0.3) is 0 Å². The summed E-state index contributed by atoms with van der Waals surface area (Å²) >= 11 is 0. The predicted molar refractivity (Wildman–Crippen MR) is 116 cm³/mol. The summed E-state index contributed by atoms with van der Waals surface area (Å²) < 4.78 is 9.10. The number of rotatable bonds is 7. The van der Waals surface area contributed by atoms with Crippen LogP contribution in [0.25, 0.3) is 0 Å². The van der Waals surface area contributed by atoms with E-state index >= 15 is 0 Å². The lowest BCUT2D eigenvalue weighted by atomic mass is 10.1. The number of hydrogen-bond acceptors (Lipinski definition) is 6. The van der Waals surface area contributed by atoms with Gasteiger partial charge < -0.3 is 19.9 Å². The van der Waals surface area contributed by atoms with Gasteiger partial charge in [-0.2, -0.15) is 5.10 Å². The summed E-state index contributed by atoms with van der Waals surface area (Å²) in [5.74, 6) is 4.22. The molecule has 4 rings (SSSR count). The zero-order valence-corrected chi connectivity index (χ0v) is 18.2. The summed E-state index contributed by atoms with van der Waals surface area (Å²) in [5, 5.41) is 19.9. The maximum atomic E-state index is 5.16. The average Bonchev–Trinajstić information content (AvgIpc) is 3.33. The number of benzene rings is 1. The molecular weight excluding hydrogens is 394 g/mol. The normalized spacial score (nSPS) is 16.2. The summed E-state index contributed by atoms with van der Waals surface area (Å²) in [7, 11) is 3.62.